The second-order valence-electron chi connectivity index (χ2n) is 7.54. The van der Waals surface area contributed by atoms with E-state index in [0.29, 0.717) is 23.3 Å². The van der Waals surface area contributed by atoms with Crippen molar-refractivity contribution in [3.8, 4) is 11.5 Å². The summed E-state index contributed by atoms with van der Waals surface area (Å²) in [5.41, 5.74) is 2.65. The average molecular weight is 484 g/mol. The predicted octanol–water partition coefficient (Wildman–Crippen LogP) is 3.26. The van der Waals surface area contributed by atoms with Gasteiger partial charge in [0.05, 0.1) is 18.9 Å². The molecule has 10 heteroatoms. The fourth-order valence-electron chi connectivity index (χ4n) is 3.15. The minimum absolute atomic E-state index is 0.0864. The van der Waals surface area contributed by atoms with Crippen LogP contribution in [-0.2, 0) is 23.2 Å². The Labute approximate surface area is 203 Å². The number of benzene rings is 2. The minimum atomic E-state index is -0.255. The summed E-state index contributed by atoms with van der Waals surface area (Å²) in [5, 5.41) is 14.4. The number of nitrogens with zero attached hydrogens (tertiary/aromatic N) is 3. The molecule has 0 aliphatic rings. The quantitative estimate of drug-likeness (QED) is 0.403. The van der Waals surface area contributed by atoms with Crippen molar-refractivity contribution in [1.82, 2.24) is 20.1 Å². The van der Waals surface area contributed by atoms with E-state index in [1.807, 2.05) is 51.1 Å². The van der Waals surface area contributed by atoms with Crippen LogP contribution >= 0.6 is 11.8 Å². The lowest BCUT2D eigenvalue weighted by molar-refractivity contribution is -0.123. The van der Waals surface area contributed by atoms with E-state index in [9.17, 15) is 9.59 Å². The molecule has 0 fully saturated rings. The van der Waals surface area contributed by atoms with E-state index in [2.05, 4.69) is 20.8 Å². The van der Waals surface area contributed by atoms with E-state index in [1.165, 1.54) is 11.8 Å². The first-order chi connectivity index (χ1) is 16.4. The van der Waals surface area contributed by atoms with Gasteiger partial charge in [-0.2, -0.15) is 0 Å². The number of rotatable bonds is 11. The molecule has 3 rings (SSSR count). The third kappa shape index (κ3) is 6.98. The number of carbonyl (C=O) groups is 2. The zero-order valence-electron chi connectivity index (χ0n) is 19.8. The van der Waals surface area contributed by atoms with Crippen molar-refractivity contribution in [3.63, 3.8) is 0 Å². The third-order valence-corrected chi connectivity index (χ3v) is 5.93. The fraction of sp³-hybridized carbons (Fsp3) is 0.333. The summed E-state index contributed by atoms with van der Waals surface area (Å²) in [6.45, 7) is 6.51. The molecule has 0 bridgehead atoms. The molecule has 9 nitrogen and oxygen atoms in total. The number of hydrogen-bond donors (Lipinski definition) is 2. The highest BCUT2D eigenvalue weighted by Crippen LogP contribution is 2.22. The molecule has 3 aromatic rings. The summed E-state index contributed by atoms with van der Waals surface area (Å²) < 4.78 is 12.8. The molecular weight excluding hydrogens is 454 g/mol. The fourth-order valence-corrected chi connectivity index (χ4v) is 3.88. The summed E-state index contributed by atoms with van der Waals surface area (Å²) in [7, 11) is 1.79. The molecule has 0 atom stereocenters. The van der Waals surface area contributed by atoms with E-state index < -0.39 is 0 Å². The minimum Gasteiger partial charge on any atom is -0.494 e. The Bertz CT molecular complexity index is 1110. The summed E-state index contributed by atoms with van der Waals surface area (Å²) in [4.78, 5) is 24.5. The number of hydrogen-bond acceptors (Lipinski definition) is 7. The molecule has 1 heterocycles. The van der Waals surface area contributed by atoms with Gasteiger partial charge >= 0.3 is 0 Å². The summed E-state index contributed by atoms with van der Waals surface area (Å²) in [5.74, 6) is 1.82. The van der Waals surface area contributed by atoms with Gasteiger partial charge in [0.1, 0.15) is 11.5 Å². The molecule has 2 aromatic carbocycles. The zero-order chi connectivity index (χ0) is 24.5. The van der Waals surface area contributed by atoms with E-state index in [-0.39, 0.29) is 30.7 Å². The Morgan fingerprint density at radius 1 is 1.00 bits per heavy atom. The van der Waals surface area contributed by atoms with Crippen LogP contribution in [0.1, 0.15) is 23.9 Å². The van der Waals surface area contributed by atoms with Crippen LogP contribution in [0.2, 0.25) is 0 Å². The number of carbonyl (C=O) groups excluding carboxylic acids is 2. The van der Waals surface area contributed by atoms with Crippen molar-refractivity contribution in [3.05, 3.63) is 59.4 Å². The molecular formula is C24H29N5O4S. The Hall–Kier alpha value is -3.53. The van der Waals surface area contributed by atoms with Gasteiger partial charge < -0.3 is 24.7 Å². The zero-order valence-corrected chi connectivity index (χ0v) is 20.6. The molecule has 0 radical (unpaired) electrons. The highest BCUT2D eigenvalue weighted by Gasteiger charge is 2.13. The van der Waals surface area contributed by atoms with Crippen LogP contribution in [-0.4, -0.2) is 45.5 Å². The van der Waals surface area contributed by atoms with Crippen molar-refractivity contribution in [2.75, 3.05) is 24.3 Å². The number of ether oxygens (including phenoxy) is 2. The second-order valence-corrected chi connectivity index (χ2v) is 8.48. The van der Waals surface area contributed by atoms with Gasteiger partial charge in [-0.25, -0.2) is 0 Å². The monoisotopic (exact) mass is 483 g/mol. The first-order valence-electron chi connectivity index (χ1n) is 10.9. The standard InChI is InChI=1S/C24H29N5O4S/c1-5-32-19-11-9-18(10-12-19)26-22(31)15-34-24-28-27-20(29(24)4)13-25-21(30)14-33-23-16(2)7-6-8-17(23)3/h6-12H,5,13-15H2,1-4H3,(H,25,30)(H,26,31). The number of aryl methyl sites for hydroxylation is 2. The maximum absolute atomic E-state index is 12.3. The first kappa shape index (κ1) is 25.1. The van der Waals surface area contributed by atoms with Crippen LogP contribution in [0.4, 0.5) is 5.69 Å². The SMILES string of the molecule is CCOc1ccc(NC(=O)CSc2nnc(CNC(=O)COc3c(C)cccc3C)n2C)cc1. The van der Waals surface area contributed by atoms with Crippen LogP contribution in [0.25, 0.3) is 0 Å². The molecule has 0 saturated carbocycles. The van der Waals surface area contributed by atoms with Crippen molar-refractivity contribution in [2.24, 2.45) is 7.05 Å². The normalized spacial score (nSPS) is 10.6. The van der Waals surface area contributed by atoms with Crippen molar-refractivity contribution in [2.45, 2.75) is 32.5 Å². The Morgan fingerprint density at radius 3 is 2.38 bits per heavy atom. The van der Waals surface area contributed by atoms with Crippen LogP contribution in [0.3, 0.4) is 0 Å². The molecule has 34 heavy (non-hydrogen) atoms. The number of anilines is 1. The second kappa shape index (κ2) is 12.1. The molecule has 180 valence electrons. The smallest absolute Gasteiger partial charge is 0.258 e. The lowest BCUT2D eigenvalue weighted by atomic mass is 10.1. The predicted molar refractivity (Wildman–Crippen MR) is 131 cm³/mol. The van der Waals surface area contributed by atoms with Gasteiger partial charge in [-0.1, -0.05) is 30.0 Å². The Kier molecular flexibility index (Phi) is 8.92. The highest BCUT2D eigenvalue weighted by molar-refractivity contribution is 7.99. The molecule has 1 aromatic heterocycles. The lowest BCUT2D eigenvalue weighted by Crippen LogP contribution is -2.29. The van der Waals surface area contributed by atoms with Crippen molar-refractivity contribution in [1.29, 1.82) is 0 Å². The van der Waals surface area contributed by atoms with E-state index in [4.69, 9.17) is 9.47 Å². The van der Waals surface area contributed by atoms with Crippen LogP contribution in [0.15, 0.2) is 47.6 Å². The van der Waals surface area contributed by atoms with Crippen molar-refractivity contribution < 1.29 is 19.1 Å². The third-order valence-electron chi connectivity index (χ3n) is 4.91. The topological polar surface area (TPSA) is 107 Å². The van der Waals surface area contributed by atoms with Crippen LogP contribution in [0.5, 0.6) is 11.5 Å². The van der Waals surface area contributed by atoms with Gasteiger partial charge in [-0.05, 0) is 56.2 Å². The van der Waals surface area contributed by atoms with E-state index in [0.717, 1.165) is 22.6 Å². The Morgan fingerprint density at radius 2 is 1.71 bits per heavy atom. The van der Waals surface area contributed by atoms with Gasteiger partial charge in [-0.15, -0.1) is 10.2 Å². The number of aromatic nitrogens is 3. The molecule has 0 aliphatic carbocycles. The van der Waals surface area contributed by atoms with Gasteiger partial charge in [0.25, 0.3) is 5.91 Å². The summed E-state index contributed by atoms with van der Waals surface area (Å²) >= 11 is 1.27. The summed E-state index contributed by atoms with van der Waals surface area (Å²) in [6, 6.07) is 13.0. The van der Waals surface area contributed by atoms with Gasteiger partial charge in [0.2, 0.25) is 5.91 Å². The van der Waals surface area contributed by atoms with Gasteiger partial charge in [0, 0.05) is 12.7 Å². The van der Waals surface area contributed by atoms with E-state index >= 15 is 0 Å². The molecule has 2 N–H and O–H groups in total. The highest BCUT2D eigenvalue weighted by atomic mass is 32.2. The maximum atomic E-state index is 12.3. The molecule has 0 aliphatic heterocycles. The van der Waals surface area contributed by atoms with Crippen molar-refractivity contribution >= 4 is 29.3 Å². The number of amides is 2. The Balaban J connectivity index is 1.44. The molecule has 0 spiro atoms. The lowest BCUT2D eigenvalue weighted by Gasteiger charge is -2.12. The van der Waals surface area contributed by atoms with Crippen LogP contribution < -0.4 is 20.1 Å². The molecule has 2 amide bonds. The van der Waals surface area contributed by atoms with Gasteiger partial charge in [0.15, 0.2) is 17.6 Å². The number of thioether (sulfide) groups is 1. The van der Waals surface area contributed by atoms with Crippen LogP contribution in [0, 0.1) is 13.8 Å². The van der Waals surface area contributed by atoms with E-state index in [1.54, 1.807) is 23.7 Å². The molecule has 0 saturated heterocycles. The van der Waals surface area contributed by atoms with Gasteiger partial charge in [-0.3, -0.25) is 9.59 Å². The summed E-state index contributed by atoms with van der Waals surface area (Å²) in [6.07, 6.45) is 0. The number of nitrogens with one attached hydrogen (secondary N) is 2. The largest absolute Gasteiger partial charge is 0.494 e. The molecule has 0 unspecified atom stereocenters. The first-order valence-corrected chi connectivity index (χ1v) is 11.9. The number of para-hydroxylation sites is 1. The maximum Gasteiger partial charge on any atom is 0.258 e. The average Bonchev–Trinajstić information content (AvgIpc) is 3.16.